The minimum atomic E-state index is 0.723. The van der Waals surface area contributed by atoms with Gasteiger partial charge in [0.2, 0.25) is 0 Å². The molecular formula is C52H44N2O. The standard InChI is InChI=1S/C37H27NO.C8H9N.C7H8/c38-24-28-20-21-32(31-19-11-10-18-30(31)26-14-6-2-7-15-26)37-35(28)34-23-29(25-12-4-1-5-13-25)22-33(36(34)39-37)27-16-8-3-9-17-27;1-9-7-8-5-3-2-4-6-8;1-7-5-3-2-4-6-7/h1-6,8-14,16-24,38H,7,15H2;2-6H,1,7H2;2-6H,1H3. The second-order valence-corrected chi connectivity index (χ2v) is 13.5. The Kier molecular flexibility index (Phi) is 11.8. The SMILES string of the molecule is C=NCc1ccccc1.Cc1ccccc1.N=Cc1ccc(-c2ccccc2C2=CC=CCC2)c2oc3c(-c4ccccc4)cc(-c4ccccc4)cc3c12. The van der Waals surface area contributed by atoms with Crippen LogP contribution in [0.1, 0.15) is 35.1 Å². The van der Waals surface area contributed by atoms with Crippen LogP contribution in [0.25, 0.3) is 60.9 Å². The van der Waals surface area contributed by atoms with Gasteiger partial charge in [-0.25, -0.2) is 0 Å². The van der Waals surface area contributed by atoms with Crippen LogP contribution in [0.2, 0.25) is 0 Å². The summed E-state index contributed by atoms with van der Waals surface area (Å²) in [5.74, 6) is 0. The van der Waals surface area contributed by atoms with Crippen LogP contribution in [0.3, 0.4) is 0 Å². The zero-order valence-corrected chi connectivity index (χ0v) is 31.2. The highest BCUT2D eigenvalue weighted by atomic mass is 16.3. The molecule has 0 unspecified atom stereocenters. The van der Waals surface area contributed by atoms with Gasteiger partial charge in [-0.2, -0.15) is 0 Å². The number of aryl methyl sites for hydroxylation is 1. The smallest absolute Gasteiger partial charge is 0.143 e. The van der Waals surface area contributed by atoms with Crippen molar-refractivity contribution in [1.29, 1.82) is 5.41 Å². The van der Waals surface area contributed by atoms with Gasteiger partial charge in [0.05, 0.1) is 6.54 Å². The fraction of sp³-hybridized carbons (Fsp3) is 0.0769. The van der Waals surface area contributed by atoms with Gasteiger partial charge in [-0.3, -0.25) is 4.99 Å². The Bertz CT molecular complexity index is 2580. The molecule has 3 heteroatoms. The molecule has 9 rings (SSSR count). The number of hydrogen-bond acceptors (Lipinski definition) is 3. The molecule has 3 nitrogen and oxygen atoms in total. The molecular weight excluding hydrogens is 669 g/mol. The number of aliphatic imine (C=N–C) groups is 1. The number of hydrogen-bond donors (Lipinski definition) is 1. The van der Waals surface area contributed by atoms with E-state index in [0.29, 0.717) is 0 Å². The molecule has 0 fully saturated rings. The van der Waals surface area contributed by atoms with Gasteiger partial charge in [0.25, 0.3) is 0 Å². The number of nitrogens with one attached hydrogen (secondary N) is 1. The summed E-state index contributed by atoms with van der Waals surface area (Å²) in [6, 6.07) is 58.5. The van der Waals surface area contributed by atoms with Crippen molar-refractivity contribution in [3.05, 3.63) is 210 Å². The third-order valence-electron chi connectivity index (χ3n) is 9.75. The van der Waals surface area contributed by atoms with Crippen LogP contribution in [-0.2, 0) is 6.54 Å². The molecule has 0 spiro atoms. The lowest BCUT2D eigenvalue weighted by molar-refractivity contribution is 0.671. The lowest BCUT2D eigenvalue weighted by Crippen LogP contribution is -1.93. The van der Waals surface area contributed by atoms with Gasteiger partial charge in [0, 0.05) is 33.7 Å². The first-order valence-corrected chi connectivity index (χ1v) is 18.7. The molecule has 0 saturated heterocycles. The van der Waals surface area contributed by atoms with Gasteiger partial charge in [0.15, 0.2) is 0 Å². The molecule has 0 amide bonds. The summed E-state index contributed by atoms with van der Waals surface area (Å²) >= 11 is 0. The maximum Gasteiger partial charge on any atom is 0.143 e. The Hall–Kier alpha value is -6.84. The second kappa shape index (κ2) is 17.8. The molecule has 0 aliphatic heterocycles. The molecule has 0 radical (unpaired) electrons. The number of rotatable bonds is 7. The van der Waals surface area contributed by atoms with Crippen LogP contribution in [0.15, 0.2) is 197 Å². The second-order valence-electron chi connectivity index (χ2n) is 13.5. The van der Waals surface area contributed by atoms with Crippen LogP contribution >= 0.6 is 0 Å². The van der Waals surface area contributed by atoms with Gasteiger partial charge in [-0.15, -0.1) is 0 Å². The van der Waals surface area contributed by atoms with Crippen molar-refractivity contribution in [1.82, 2.24) is 0 Å². The highest BCUT2D eigenvalue weighted by Crippen LogP contribution is 2.45. The maximum absolute atomic E-state index is 8.27. The van der Waals surface area contributed by atoms with E-state index < -0.39 is 0 Å². The van der Waals surface area contributed by atoms with Gasteiger partial charge in [-0.1, -0.05) is 175 Å². The summed E-state index contributed by atoms with van der Waals surface area (Å²) in [4.78, 5) is 3.76. The fourth-order valence-electron chi connectivity index (χ4n) is 7.04. The maximum atomic E-state index is 8.27. The predicted octanol–water partition coefficient (Wildman–Crippen LogP) is 14.2. The van der Waals surface area contributed by atoms with Crippen LogP contribution in [0.5, 0.6) is 0 Å². The average molecular weight is 713 g/mol. The van der Waals surface area contributed by atoms with Crippen molar-refractivity contribution >= 4 is 40.4 Å². The Labute approximate surface area is 324 Å². The molecule has 55 heavy (non-hydrogen) atoms. The fourth-order valence-corrected chi connectivity index (χ4v) is 7.04. The lowest BCUT2D eigenvalue weighted by atomic mass is 9.89. The quantitative estimate of drug-likeness (QED) is 0.164. The van der Waals surface area contributed by atoms with Crippen molar-refractivity contribution < 1.29 is 4.42 Å². The van der Waals surface area contributed by atoms with E-state index in [9.17, 15) is 0 Å². The molecule has 1 aliphatic carbocycles. The van der Waals surface area contributed by atoms with Gasteiger partial charge in [0.1, 0.15) is 11.2 Å². The molecule has 0 bridgehead atoms. The lowest BCUT2D eigenvalue weighted by Gasteiger charge is -2.15. The third kappa shape index (κ3) is 8.53. The number of allylic oxidation sites excluding steroid dienone is 4. The minimum Gasteiger partial charge on any atom is -0.455 e. The van der Waals surface area contributed by atoms with Crippen LogP contribution in [0.4, 0.5) is 0 Å². The molecule has 7 aromatic carbocycles. The Morgan fingerprint density at radius 1 is 0.618 bits per heavy atom. The van der Waals surface area contributed by atoms with Crippen molar-refractivity contribution in [3.8, 4) is 33.4 Å². The van der Waals surface area contributed by atoms with Crippen molar-refractivity contribution in [2.24, 2.45) is 4.99 Å². The zero-order chi connectivity index (χ0) is 37.8. The number of furan rings is 1. The molecule has 0 saturated carbocycles. The van der Waals surface area contributed by atoms with Gasteiger partial charge < -0.3 is 9.83 Å². The highest BCUT2D eigenvalue weighted by Gasteiger charge is 2.21. The average Bonchev–Trinajstić information content (AvgIpc) is 3.65. The number of fused-ring (bicyclic) bond motifs is 3. The largest absolute Gasteiger partial charge is 0.455 e. The van der Waals surface area contributed by atoms with E-state index in [4.69, 9.17) is 9.83 Å². The van der Waals surface area contributed by atoms with E-state index in [1.165, 1.54) is 28.5 Å². The van der Waals surface area contributed by atoms with Crippen molar-refractivity contribution in [2.75, 3.05) is 0 Å². The molecule has 1 heterocycles. The molecule has 1 N–H and O–H groups in total. The molecule has 1 aliphatic rings. The Balaban J connectivity index is 0.000000240. The predicted molar refractivity (Wildman–Crippen MR) is 235 cm³/mol. The number of benzene rings is 7. The van der Waals surface area contributed by atoms with Gasteiger partial charge >= 0.3 is 0 Å². The first-order valence-electron chi connectivity index (χ1n) is 18.7. The summed E-state index contributed by atoms with van der Waals surface area (Å²) in [7, 11) is 0. The van der Waals surface area contributed by atoms with Gasteiger partial charge in [-0.05, 0) is 83.6 Å². The molecule has 1 aromatic heterocycles. The van der Waals surface area contributed by atoms with E-state index in [-0.39, 0.29) is 0 Å². The topological polar surface area (TPSA) is 49.4 Å². The van der Waals surface area contributed by atoms with E-state index in [1.54, 1.807) is 0 Å². The molecule has 8 aromatic rings. The molecule has 268 valence electrons. The van der Waals surface area contributed by atoms with Crippen LogP contribution in [0, 0.1) is 12.3 Å². The Morgan fingerprint density at radius 3 is 1.84 bits per heavy atom. The summed E-state index contributed by atoms with van der Waals surface area (Å²) in [5.41, 5.74) is 14.3. The van der Waals surface area contributed by atoms with Crippen molar-refractivity contribution in [3.63, 3.8) is 0 Å². The normalized spacial score (nSPS) is 11.8. The third-order valence-corrected chi connectivity index (χ3v) is 9.75. The van der Waals surface area contributed by atoms with E-state index in [0.717, 1.165) is 80.3 Å². The van der Waals surface area contributed by atoms with E-state index in [2.05, 4.69) is 146 Å². The summed E-state index contributed by atoms with van der Waals surface area (Å²) in [6.45, 7) is 6.21. The summed E-state index contributed by atoms with van der Waals surface area (Å²) < 4.78 is 6.86. The number of nitrogens with zero attached hydrogens (tertiary/aromatic N) is 1. The molecule has 0 atom stereocenters. The Morgan fingerprint density at radius 2 is 1.24 bits per heavy atom. The first kappa shape index (κ1) is 36.5. The highest BCUT2D eigenvalue weighted by molar-refractivity contribution is 6.19. The summed E-state index contributed by atoms with van der Waals surface area (Å²) in [5, 5.41) is 10.3. The van der Waals surface area contributed by atoms with Crippen LogP contribution in [-0.4, -0.2) is 12.9 Å². The monoisotopic (exact) mass is 712 g/mol. The van der Waals surface area contributed by atoms with E-state index in [1.807, 2.05) is 60.7 Å². The zero-order valence-electron chi connectivity index (χ0n) is 31.2. The van der Waals surface area contributed by atoms with Crippen LogP contribution < -0.4 is 0 Å². The minimum absolute atomic E-state index is 0.723. The van der Waals surface area contributed by atoms with E-state index >= 15 is 0 Å². The first-order chi connectivity index (χ1) is 27.1. The summed E-state index contributed by atoms with van der Waals surface area (Å²) in [6.07, 6.45) is 10.1. The van der Waals surface area contributed by atoms with Crippen molar-refractivity contribution in [2.45, 2.75) is 26.3 Å².